The molecule has 1 saturated heterocycles. The summed E-state index contributed by atoms with van der Waals surface area (Å²) >= 11 is 0. The zero-order chi connectivity index (χ0) is 12.6. The van der Waals surface area contributed by atoms with Gasteiger partial charge in [-0.1, -0.05) is 12.1 Å². The molecular formula is C15H23NO2. The number of benzene rings is 1. The van der Waals surface area contributed by atoms with Crippen LogP contribution in [0.15, 0.2) is 24.3 Å². The Morgan fingerprint density at radius 1 is 1.44 bits per heavy atom. The fourth-order valence-electron chi connectivity index (χ4n) is 2.32. The van der Waals surface area contributed by atoms with Gasteiger partial charge in [0.2, 0.25) is 0 Å². The van der Waals surface area contributed by atoms with E-state index in [1.165, 1.54) is 18.4 Å². The Bertz CT molecular complexity index is 348. The van der Waals surface area contributed by atoms with Gasteiger partial charge in [0.15, 0.2) is 0 Å². The number of rotatable bonds is 7. The van der Waals surface area contributed by atoms with Gasteiger partial charge < -0.3 is 14.8 Å². The number of hydrogen-bond donors (Lipinski definition) is 1. The third-order valence-electron chi connectivity index (χ3n) is 3.24. The Hall–Kier alpha value is -1.06. The summed E-state index contributed by atoms with van der Waals surface area (Å²) in [5, 5.41) is 3.14. The molecule has 0 spiro atoms. The fourth-order valence-corrected chi connectivity index (χ4v) is 2.32. The predicted octanol–water partition coefficient (Wildman–Crippen LogP) is 2.74. The first-order valence-electron chi connectivity index (χ1n) is 6.86. The van der Waals surface area contributed by atoms with Gasteiger partial charge in [-0.3, -0.25) is 0 Å². The van der Waals surface area contributed by atoms with Crippen molar-refractivity contribution in [2.24, 2.45) is 0 Å². The van der Waals surface area contributed by atoms with Crippen LogP contribution in [0, 0.1) is 0 Å². The Morgan fingerprint density at radius 2 is 2.39 bits per heavy atom. The van der Waals surface area contributed by atoms with Crippen molar-refractivity contribution in [3.63, 3.8) is 0 Å². The second kappa shape index (κ2) is 7.39. The molecular weight excluding hydrogens is 226 g/mol. The molecule has 1 aromatic rings. The molecule has 3 heteroatoms. The van der Waals surface area contributed by atoms with Gasteiger partial charge in [-0.15, -0.1) is 0 Å². The highest BCUT2D eigenvalue weighted by molar-refractivity contribution is 5.28. The van der Waals surface area contributed by atoms with Crippen molar-refractivity contribution in [2.45, 2.75) is 38.3 Å². The van der Waals surface area contributed by atoms with Crippen LogP contribution >= 0.6 is 0 Å². The molecule has 1 heterocycles. The maximum Gasteiger partial charge on any atom is 0.119 e. The molecule has 0 aromatic heterocycles. The Balaban J connectivity index is 1.67. The summed E-state index contributed by atoms with van der Waals surface area (Å²) in [6.07, 6.45) is 5.11. The maximum absolute atomic E-state index is 5.77. The minimum absolute atomic E-state index is 0.476. The molecule has 3 nitrogen and oxygen atoms in total. The highest BCUT2D eigenvalue weighted by Crippen LogP contribution is 2.18. The van der Waals surface area contributed by atoms with Crippen molar-refractivity contribution in [1.82, 2.24) is 5.32 Å². The lowest BCUT2D eigenvalue weighted by atomic mass is 10.1. The number of hydrogen-bond acceptors (Lipinski definition) is 3. The maximum atomic E-state index is 5.77. The van der Waals surface area contributed by atoms with E-state index in [1.54, 1.807) is 0 Å². The second-order valence-electron chi connectivity index (χ2n) is 4.80. The van der Waals surface area contributed by atoms with Crippen LogP contribution in [0.5, 0.6) is 5.75 Å². The van der Waals surface area contributed by atoms with E-state index in [2.05, 4.69) is 17.4 Å². The van der Waals surface area contributed by atoms with Gasteiger partial charge in [0.25, 0.3) is 0 Å². The highest BCUT2D eigenvalue weighted by atomic mass is 16.5. The zero-order valence-electron chi connectivity index (χ0n) is 11.2. The molecule has 0 bridgehead atoms. The summed E-state index contributed by atoms with van der Waals surface area (Å²) in [5.41, 5.74) is 1.26. The lowest BCUT2D eigenvalue weighted by Crippen LogP contribution is -2.08. The minimum atomic E-state index is 0.476. The van der Waals surface area contributed by atoms with E-state index in [0.29, 0.717) is 6.10 Å². The van der Waals surface area contributed by atoms with Gasteiger partial charge in [0.1, 0.15) is 5.75 Å². The molecule has 1 aliphatic heterocycles. The summed E-state index contributed by atoms with van der Waals surface area (Å²) in [6.45, 7) is 2.60. The van der Waals surface area contributed by atoms with Crippen molar-refractivity contribution in [2.75, 3.05) is 20.3 Å². The molecule has 1 fully saturated rings. The van der Waals surface area contributed by atoms with Crippen molar-refractivity contribution in [3.05, 3.63) is 29.8 Å². The monoisotopic (exact) mass is 249 g/mol. The fraction of sp³-hybridized carbons (Fsp3) is 0.600. The third-order valence-corrected chi connectivity index (χ3v) is 3.24. The molecule has 1 atom stereocenters. The van der Waals surface area contributed by atoms with Gasteiger partial charge in [0, 0.05) is 13.2 Å². The van der Waals surface area contributed by atoms with Crippen molar-refractivity contribution >= 4 is 0 Å². The molecule has 2 rings (SSSR count). The summed E-state index contributed by atoms with van der Waals surface area (Å²) < 4.78 is 11.4. The number of nitrogens with one attached hydrogen (secondary N) is 1. The van der Waals surface area contributed by atoms with E-state index in [9.17, 15) is 0 Å². The highest BCUT2D eigenvalue weighted by Gasteiger charge is 2.14. The second-order valence-corrected chi connectivity index (χ2v) is 4.80. The third kappa shape index (κ3) is 4.31. The van der Waals surface area contributed by atoms with Gasteiger partial charge in [0.05, 0.1) is 12.7 Å². The molecule has 18 heavy (non-hydrogen) atoms. The lowest BCUT2D eigenvalue weighted by Gasteiger charge is -2.10. The minimum Gasteiger partial charge on any atom is -0.494 e. The molecule has 0 aliphatic carbocycles. The molecule has 100 valence electrons. The molecule has 1 aromatic carbocycles. The SMILES string of the molecule is CNCc1cccc(OCCCC2CCCO2)c1. The molecule has 1 unspecified atom stereocenters. The van der Waals surface area contributed by atoms with Crippen molar-refractivity contribution in [1.29, 1.82) is 0 Å². The van der Waals surface area contributed by atoms with Crippen molar-refractivity contribution in [3.8, 4) is 5.75 Å². The van der Waals surface area contributed by atoms with Gasteiger partial charge >= 0.3 is 0 Å². The topological polar surface area (TPSA) is 30.5 Å². The van der Waals surface area contributed by atoms with E-state index >= 15 is 0 Å². The summed E-state index contributed by atoms with van der Waals surface area (Å²) in [7, 11) is 1.95. The van der Waals surface area contributed by atoms with Crippen molar-refractivity contribution < 1.29 is 9.47 Å². The Morgan fingerprint density at radius 3 is 3.17 bits per heavy atom. The molecule has 0 amide bonds. The average molecular weight is 249 g/mol. The van der Waals surface area contributed by atoms with Crippen LogP contribution in [0.2, 0.25) is 0 Å². The average Bonchev–Trinajstić information content (AvgIpc) is 2.89. The Kier molecular flexibility index (Phi) is 5.49. The van der Waals surface area contributed by atoms with E-state index in [-0.39, 0.29) is 0 Å². The van der Waals surface area contributed by atoms with Crippen LogP contribution in [-0.2, 0) is 11.3 Å². The Labute approximate surface area is 109 Å². The first-order valence-corrected chi connectivity index (χ1v) is 6.86. The lowest BCUT2D eigenvalue weighted by molar-refractivity contribution is 0.0981. The first-order chi connectivity index (χ1) is 8.88. The van der Waals surface area contributed by atoms with E-state index in [0.717, 1.165) is 38.3 Å². The summed E-state index contributed by atoms with van der Waals surface area (Å²) in [4.78, 5) is 0. The zero-order valence-corrected chi connectivity index (χ0v) is 11.2. The molecule has 1 N–H and O–H groups in total. The van der Waals surface area contributed by atoms with Crippen LogP contribution in [-0.4, -0.2) is 26.4 Å². The van der Waals surface area contributed by atoms with Crippen LogP contribution in [0.1, 0.15) is 31.2 Å². The van der Waals surface area contributed by atoms with Gasteiger partial charge in [-0.05, 0) is 50.4 Å². The van der Waals surface area contributed by atoms with Crippen LogP contribution < -0.4 is 10.1 Å². The largest absolute Gasteiger partial charge is 0.494 e. The van der Waals surface area contributed by atoms with Crippen LogP contribution in [0.25, 0.3) is 0 Å². The normalized spacial score (nSPS) is 19.1. The van der Waals surface area contributed by atoms with Crippen LogP contribution in [0.4, 0.5) is 0 Å². The predicted molar refractivity (Wildman–Crippen MR) is 72.9 cm³/mol. The van der Waals surface area contributed by atoms with E-state index < -0.39 is 0 Å². The van der Waals surface area contributed by atoms with E-state index in [1.807, 2.05) is 19.2 Å². The van der Waals surface area contributed by atoms with Crippen LogP contribution in [0.3, 0.4) is 0 Å². The summed E-state index contributed by atoms with van der Waals surface area (Å²) in [6, 6.07) is 8.27. The van der Waals surface area contributed by atoms with Gasteiger partial charge in [-0.25, -0.2) is 0 Å². The van der Waals surface area contributed by atoms with Gasteiger partial charge in [-0.2, -0.15) is 0 Å². The number of ether oxygens (including phenoxy) is 2. The summed E-state index contributed by atoms with van der Waals surface area (Å²) in [5.74, 6) is 0.968. The quantitative estimate of drug-likeness (QED) is 0.754. The molecule has 1 aliphatic rings. The van der Waals surface area contributed by atoms with E-state index in [4.69, 9.17) is 9.47 Å². The smallest absolute Gasteiger partial charge is 0.119 e. The molecule has 0 radical (unpaired) electrons. The first kappa shape index (κ1) is 13.4. The standard InChI is InChI=1S/C15H23NO2/c1-16-12-13-5-2-6-15(11-13)18-10-4-8-14-7-3-9-17-14/h2,5-6,11,14,16H,3-4,7-10,12H2,1H3. The molecule has 0 saturated carbocycles.